The second-order valence-corrected chi connectivity index (χ2v) is 3.98. The average Bonchev–Trinajstić information content (AvgIpc) is 2.28. The number of rotatable bonds is 5. The number of carbonyl (C=O) groups is 1. The van der Waals surface area contributed by atoms with Crippen molar-refractivity contribution in [2.45, 2.75) is 6.04 Å². The third-order valence-corrected chi connectivity index (χ3v) is 2.78. The molecule has 16 heavy (non-hydrogen) atoms. The normalized spacial score (nSPS) is 12.1. The molecular weight excluding hydrogens is 274 g/mol. The maximum atomic E-state index is 11.7. The minimum atomic E-state index is -0.225. The number of amides is 1. The van der Waals surface area contributed by atoms with Crippen LogP contribution in [0, 0.1) is 0 Å². The topological polar surface area (TPSA) is 58.6 Å². The molecule has 0 radical (unpaired) electrons. The number of nitrogens with one attached hydrogen (secondary N) is 1. The van der Waals surface area contributed by atoms with Crippen LogP contribution in [0.2, 0.25) is 0 Å². The van der Waals surface area contributed by atoms with E-state index in [-0.39, 0.29) is 17.7 Å². The largest absolute Gasteiger partial charge is 0.508 e. The molecule has 0 fully saturated rings. The van der Waals surface area contributed by atoms with E-state index in [9.17, 15) is 9.90 Å². The molecule has 0 saturated heterocycles. The van der Waals surface area contributed by atoms with E-state index in [0.29, 0.717) is 17.5 Å². The van der Waals surface area contributed by atoms with Gasteiger partial charge in [0.1, 0.15) is 5.75 Å². The van der Waals surface area contributed by atoms with E-state index in [2.05, 4.69) is 21.2 Å². The molecule has 5 heteroatoms. The van der Waals surface area contributed by atoms with Crippen molar-refractivity contribution in [3.8, 4) is 5.75 Å². The van der Waals surface area contributed by atoms with Gasteiger partial charge in [-0.15, -0.1) is 0 Å². The molecule has 0 bridgehead atoms. The first kappa shape index (κ1) is 13.0. The lowest BCUT2D eigenvalue weighted by molar-refractivity contribution is 0.0907. The van der Waals surface area contributed by atoms with Crippen molar-refractivity contribution in [1.29, 1.82) is 0 Å². The van der Waals surface area contributed by atoms with E-state index in [1.165, 1.54) is 12.1 Å². The van der Waals surface area contributed by atoms with Gasteiger partial charge in [0.2, 0.25) is 0 Å². The number of carbonyl (C=O) groups excluding carboxylic acids is 1. The highest BCUT2D eigenvalue weighted by Gasteiger charge is 2.12. The highest BCUT2D eigenvalue weighted by Crippen LogP contribution is 2.10. The van der Waals surface area contributed by atoms with Gasteiger partial charge < -0.3 is 15.2 Å². The number of alkyl halides is 1. The molecule has 0 heterocycles. The van der Waals surface area contributed by atoms with Crippen molar-refractivity contribution >= 4 is 21.8 Å². The fourth-order valence-electron chi connectivity index (χ4n) is 1.24. The summed E-state index contributed by atoms with van der Waals surface area (Å²) in [7, 11) is 1.58. The van der Waals surface area contributed by atoms with Gasteiger partial charge in [-0.05, 0) is 18.2 Å². The van der Waals surface area contributed by atoms with Gasteiger partial charge >= 0.3 is 0 Å². The van der Waals surface area contributed by atoms with Crippen molar-refractivity contribution in [2.24, 2.45) is 0 Å². The number of methoxy groups -OCH3 is 1. The Labute approximate surface area is 103 Å². The molecule has 0 aliphatic carbocycles. The predicted molar refractivity (Wildman–Crippen MR) is 65.0 cm³/mol. The Balaban J connectivity index is 2.64. The van der Waals surface area contributed by atoms with E-state index in [0.717, 1.165) is 0 Å². The summed E-state index contributed by atoms with van der Waals surface area (Å²) in [4.78, 5) is 11.7. The first-order valence-corrected chi connectivity index (χ1v) is 5.94. The number of aromatic hydroxyl groups is 1. The zero-order chi connectivity index (χ0) is 12.0. The van der Waals surface area contributed by atoms with E-state index >= 15 is 0 Å². The van der Waals surface area contributed by atoms with Crippen LogP contribution in [-0.4, -0.2) is 36.1 Å². The Bertz CT molecular complexity index is 357. The molecule has 1 aromatic carbocycles. The molecule has 0 aliphatic heterocycles. The summed E-state index contributed by atoms with van der Waals surface area (Å²) in [5.74, 6) is -0.146. The fourth-order valence-corrected chi connectivity index (χ4v) is 1.59. The van der Waals surface area contributed by atoms with Crippen LogP contribution in [0.5, 0.6) is 5.75 Å². The van der Waals surface area contributed by atoms with Crippen LogP contribution in [0.15, 0.2) is 24.3 Å². The lowest BCUT2D eigenvalue weighted by Crippen LogP contribution is -2.39. The Hall–Kier alpha value is -1.07. The lowest BCUT2D eigenvalue weighted by atomic mass is 10.2. The van der Waals surface area contributed by atoms with E-state index in [1.807, 2.05) is 0 Å². The third kappa shape index (κ3) is 3.83. The van der Waals surface area contributed by atoms with Gasteiger partial charge in [-0.2, -0.15) is 0 Å². The maximum Gasteiger partial charge on any atom is 0.251 e. The van der Waals surface area contributed by atoms with Gasteiger partial charge in [0, 0.05) is 18.0 Å². The first-order chi connectivity index (χ1) is 7.67. The third-order valence-electron chi connectivity index (χ3n) is 2.00. The molecule has 1 amide bonds. The molecule has 0 spiro atoms. The van der Waals surface area contributed by atoms with Crippen molar-refractivity contribution in [1.82, 2.24) is 5.32 Å². The maximum absolute atomic E-state index is 11.7. The van der Waals surface area contributed by atoms with Gasteiger partial charge in [-0.1, -0.05) is 22.0 Å². The molecule has 1 aromatic rings. The minimum Gasteiger partial charge on any atom is -0.508 e. The highest BCUT2D eigenvalue weighted by atomic mass is 79.9. The number of phenolic OH excluding ortho intramolecular Hbond substituents is 1. The van der Waals surface area contributed by atoms with Crippen LogP contribution in [0.1, 0.15) is 10.4 Å². The smallest absolute Gasteiger partial charge is 0.251 e. The zero-order valence-electron chi connectivity index (χ0n) is 8.94. The number of halogens is 1. The Kier molecular flexibility index (Phi) is 5.28. The van der Waals surface area contributed by atoms with Gasteiger partial charge in [-0.3, -0.25) is 4.79 Å². The molecule has 88 valence electrons. The van der Waals surface area contributed by atoms with E-state index in [4.69, 9.17) is 4.74 Å². The van der Waals surface area contributed by atoms with E-state index < -0.39 is 0 Å². The molecule has 1 rings (SSSR count). The fraction of sp³-hybridized carbons (Fsp3) is 0.364. The van der Waals surface area contributed by atoms with Crippen LogP contribution < -0.4 is 5.32 Å². The van der Waals surface area contributed by atoms with Crippen molar-refractivity contribution in [3.05, 3.63) is 29.8 Å². The molecular formula is C11H14BrNO3. The van der Waals surface area contributed by atoms with Crippen molar-refractivity contribution in [3.63, 3.8) is 0 Å². The summed E-state index contributed by atoms with van der Waals surface area (Å²) >= 11 is 3.29. The first-order valence-electron chi connectivity index (χ1n) is 4.82. The second kappa shape index (κ2) is 6.50. The predicted octanol–water partition coefficient (Wildman–Crippen LogP) is 1.53. The van der Waals surface area contributed by atoms with Crippen molar-refractivity contribution < 1.29 is 14.6 Å². The molecule has 0 aliphatic rings. The van der Waals surface area contributed by atoms with Gasteiger partial charge in [0.05, 0.1) is 12.6 Å². The molecule has 0 aromatic heterocycles. The zero-order valence-corrected chi connectivity index (χ0v) is 10.5. The number of hydrogen-bond acceptors (Lipinski definition) is 3. The van der Waals surface area contributed by atoms with Gasteiger partial charge in [0.15, 0.2) is 0 Å². The summed E-state index contributed by atoms with van der Waals surface area (Å²) in [5.41, 5.74) is 0.432. The number of hydrogen-bond donors (Lipinski definition) is 2. The Morgan fingerprint density at radius 2 is 2.38 bits per heavy atom. The molecule has 0 saturated carbocycles. The summed E-state index contributed by atoms with van der Waals surface area (Å²) in [6.45, 7) is 0.440. The summed E-state index contributed by atoms with van der Waals surface area (Å²) in [6.07, 6.45) is 0. The number of ether oxygens (including phenoxy) is 1. The van der Waals surface area contributed by atoms with Crippen LogP contribution in [0.3, 0.4) is 0 Å². The van der Waals surface area contributed by atoms with Crippen molar-refractivity contribution in [2.75, 3.05) is 19.0 Å². The van der Waals surface area contributed by atoms with Gasteiger partial charge in [-0.25, -0.2) is 0 Å². The number of phenols is 1. The molecule has 4 nitrogen and oxygen atoms in total. The van der Waals surface area contributed by atoms with E-state index in [1.54, 1.807) is 19.2 Å². The van der Waals surface area contributed by atoms with Gasteiger partial charge in [0.25, 0.3) is 5.91 Å². The standard InChI is InChI=1S/C11H14BrNO3/c1-16-7-9(6-12)13-11(15)8-3-2-4-10(14)5-8/h2-5,9,14H,6-7H2,1H3,(H,13,15). The van der Waals surface area contributed by atoms with Crippen LogP contribution >= 0.6 is 15.9 Å². The minimum absolute atomic E-state index is 0.0785. The summed E-state index contributed by atoms with van der Waals surface area (Å²) in [5, 5.41) is 12.6. The summed E-state index contributed by atoms with van der Waals surface area (Å²) < 4.78 is 4.96. The molecule has 1 unspecified atom stereocenters. The highest BCUT2D eigenvalue weighted by molar-refractivity contribution is 9.09. The summed E-state index contributed by atoms with van der Waals surface area (Å²) in [6, 6.07) is 6.14. The second-order valence-electron chi connectivity index (χ2n) is 3.33. The lowest BCUT2D eigenvalue weighted by Gasteiger charge is -2.15. The average molecular weight is 288 g/mol. The molecule has 1 atom stereocenters. The van der Waals surface area contributed by atoms with Crippen LogP contribution in [-0.2, 0) is 4.74 Å². The number of benzene rings is 1. The SMILES string of the molecule is COCC(CBr)NC(=O)c1cccc(O)c1. The Morgan fingerprint density at radius 3 is 2.94 bits per heavy atom. The van der Waals surface area contributed by atoms with Crippen LogP contribution in [0.4, 0.5) is 0 Å². The quantitative estimate of drug-likeness (QED) is 0.808. The van der Waals surface area contributed by atoms with Crippen LogP contribution in [0.25, 0.3) is 0 Å². The Morgan fingerprint density at radius 1 is 1.62 bits per heavy atom. The molecule has 2 N–H and O–H groups in total. The monoisotopic (exact) mass is 287 g/mol.